The van der Waals surface area contributed by atoms with Crippen LogP contribution in [0.1, 0.15) is 0 Å². The molecule has 74 valence electrons. The average molecular weight is 201 g/mol. The van der Waals surface area contributed by atoms with Crippen molar-refractivity contribution in [1.82, 2.24) is 20.2 Å². The van der Waals surface area contributed by atoms with Gasteiger partial charge in [0.2, 0.25) is 0 Å². The second-order valence-corrected chi connectivity index (χ2v) is 3.05. The van der Waals surface area contributed by atoms with E-state index in [1.54, 1.807) is 0 Å². The maximum Gasteiger partial charge on any atom is 0.313 e. The van der Waals surface area contributed by atoms with Crippen LogP contribution >= 0.6 is 0 Å². The molecule has 0 aliphatic rings. The van der Waals surface area contributed by atoms with Crippen molar-refractivity contribution in [1.29, 1.82) is 0 Å². The van der Waals surface area contributed by atoms with Gasteiger partial charge in [-0.2, -0.15) is 0 Å². The Hall–Kier alpha value is -2.37. The van der Waals surface area contributed by atoms with Crippen molar-refractivity contribution >= 4 is 17.0 Å². The maximum atomic E-state index is 5.33. The van der Waals surface area contributed by atoms with Gasteiger partial charge in [0.1, 0.15) is 0 Å². The topological polar surface area (TPSA) is 93.6 Å². The molecular weight excluding hydrogens is 194 g/mol. The summed E-state index contributed by atoms with van der Waals surface area (Å²) in [6, 6.07) is 7.69. The Morgan fingerprint density at radius 1 is 1.20 bits per heavy atom. The number of imidazole rings is 1. The molecule has 0 aliphatic carbocycles. The zero-order chi connectivity index (χ0) is 10.3. The summed E-state index contributed by atoms with van der Waals surface area (Å²) in [7, 11) is 0. The number of rotatable bonds is 1. The number of anilines is 1. The first-order valence-corrected chi connectivity index (χ1v) is 4.37. The fourth-order valence-corrected chi connectivity index (χ4v) is 1.38. The van der Waals surface area contributed by atoms with E-state index in [4.69, 9.17) is 10.2 Å². The van der Waals surface area contributed by atoms with Crippen molar-refractivity contribution in [2.75, 3.05) is 5.73 Å². The van der Waals surface area contributed by atoms with Crippen LogP contribution in [-0.2, 0) is 0 Å². The summed E-state index contributed by atoms with van der Waals surface area (Å²) >= 11 is 0. The molecule has 0 fully saturated rings. The second-order valence-electron chi connectivity index (χ2n) is 3.05. The Kier molecular flexibility index (Phi) is 1.49. The van der Waals surface area contributed by atoms with Crippen LogP contribution in [-0.4, -0.2) is 20.2 Å². The van der Waals surface area contributed by atoms with Crippen molar-refractivity contribution in [2.24, 2.45) is 0 Å². The van der Waals surface area contributed by atoms with Crippen LogP contribution in [0, 0.1) is 0 Å². The second kappa shape index (κ2) is 2.81. The number of aromatic amines is 1. The van der Waals surface area contributed by atoms with Crippen molar-refractivity contribution in [3.8, 4) is 11.7 Å². The van der Waals surface area contributed by atoms with Crippen LogP contribution < -0.4 is 5.73 Å². The number of nitrogens with zero attached hydrogens (tertiary/aromatic N) is 3. The SMILES string of the molecule is Nc1nnc(-c2nc3ccccc3[nH]2)o1. The van der Waals surface area contributed by atoms with Gasteiger partial charge >= 0.3 is 6.01 Å². The van der Waals surface area contributed by atoms with Gasteiger partial charge in [0, 0.05) is 0 Å². The zero-order valence-corrected chi connectivity index (χ0v) is 7.64. The third-order valence-electron chi connectivity index (χ3n) is 2.03. The number of nitrogens with two attached hydrogens (primary N) is 1. The first kappa shape index (κ1) is 7.98. The number of aromatic nitrogens is 4. The molecule has 3 rings (SSSR count). The minimum Gasteiger partial charge on any atom is -0.400 e. The molecule has 1 aromatic carbocycles. The van der Waals surface area contributed by atoms with Gasteiger partial charge in [0.05, 0.1) is 11.0 Å². The standard InChI is InChI=1S/C9H7N5O/c10-9-14-13-8(15-9)7-11-5-3-1-2-4-6(5)12-7/h1-4H,(H2,10,14)(H,11,12). The van der Waals surface area contributed by atoms with Crippen molar-refractivity contribution in [2.45, 2.75) is 0 Å². The number of H-pyrrole nitrogens is 1. The molecule has 3 aromatic rings. The molecule has 2 heterocycles. The van der Waals surface area contributed by atoms with E-state index in [-0.39, 0.29) is 6.01 Å². The predicted molar refractivity (Wildman–Crippen MR) is 53.8 cm³/mol. The molecule has 0 amide bonds. The minimum absolute atomic E-state index is 0.0328. The normalized spacial score (nSPS) is 10.9. The number of hydrogen-bond acceptors (Lipinski definition) is 5. The molecule has 0 unspecified atom stereocenters. The van der Waals surface area contributed by atoms with Gasteiger partial charge in [-0.1, -0.05) is 17.2 Å². The zero-order valence-electron chi connectivity index (χ0n) is 7.64. The molecule has 6 nitrogen and oxygen atoms in total. The summed E-state index contributed by atoms with van der Waals surface area (Å²) in [4.78, 5) is 7.35. The molecule has 0 bridgehead atoms. The van der Waals surface area contributed by atoms with Crippen LogP contribution in [0.25, 0.3) is 22.7 Å². The van der Waals surface area contributed by atoms with E-state index < -0.39 is 0 Å². The fourth-order valence-electron chi connectivity index (χ4n) is 1.38. The number of benzene rings is 1. The Bertz CT molecular complexity index is 579. The lowest BCUT2D eigenvalue weighted by Crippen LogP contribution is -1.81. The van der Waals surface area contributed by atoms with E-state index in [1.165, 1.54) is 0 Å². The minimum atomic E-state index is 0.0328. The van der Waals surface area contributed by atoms with E-state index in [1.807, 2.05) is 24.3 Å². The molecule has 0 aliphatic heterocycles. The molecule has 3 N–H and O–H groups in total. The summed E-state index contributed by atoms with van der Waals surface area (Å²) in [6.07, 6.45) is 0. The van der Waals surface area contributed by atoms with E-state index in [2.05, 4.69) is 20.2 Å². The Morgan fingerprint density at radius 2 is 2.07 bits per heavy atom. The van der Waals surface area contributed by atoms with E-state index in [0.29, 0.717) is 11.7 Å². The summed E-state index contributed by atoms with van der Waals surface area (Å²) < 4.78 is 5.06. The maximum absolute atomic E-state index is 5.33. The van der Waals surface area contributed by atoms with Crippen LogP contribution in [0.2, 0.25) is 0 Å². The smallest absolute Gasteiger partial charge is 0.313 e. The molecule has 0 radical (unpaired) electrons. The van der Waals surface area contributed by atoms with Crippen LogP contribution in [0.5, 0.6) is 0 Å². The van der Waals surface area contributed by atoms with Crippen molar-refractivity contribution < 1.29 is 4.42 Å². The average Bonchev–Trinajstić information content (AvgIpc) is 2.82. The third-order valence-corrected chi connectivity index (χ3v) is 2.03. The van der Waals surface area contributed by atoms with Crippen molar-refractivity contribution in [3.05, 3.63) is 24.3 Å². The van der Waals surface area contributed by atoms with Crippen LogP contribution in [0.15, 0.2) is 28.7 Å². The highest BCUT2D eigenvalue weighted by Gasteiger charge is 2.10. The fraction of sp³-hybridized carbons (Fsp3) is 0. The first-order valence-electron chi connectivity index (χ1n) is 4.37. The van der Waals surface area contributed by atoms with Gasteiger partial charge in [-0.25, -0.2) is 4.98 Å². The lowest BCUT2D eigenvalue weighted by Gasteiger charge is -1.83. The lowest BCUT2D eigenvalue weighted by atomic mass is 10.3. The number of hydrogen-bond donors (Lipinski definition) is 2. The summed E-state index contributed by atoms with van der Waals surface area (Å²) in [5.74, 6) is 0.823. The quantitative estimate of drug-likeness (QED) is 0.616. The van der Waals surface area contributed by atoms with E-state index in [0.717, 1.165) is 11.0 Å². The van der Waals surface area contributed by atoms with Crippen LogP contribution in [0.3, 0.4) is 0 Å². The largest absolute Gasteiger partial charge is 0.400 e. The van der Waals surface area contributed by atoms with Gasteiger partial charge in [-0.15, -0.1) is 5.10 Å². The van der Waals surface area contributed by atoms with Crippen LogP contribution in [0.4, 0.5) is 6.01 Å². The number of nitrogens with one attached hydrogen (secondary N) is 1. The van der Waals surface area contributed by atoms with Gasteiger partial charge in [-0.3, -0.25) is 0 Å². The van der Waals surface area contributed by atoms with Gasteiger partial charge in [0.15, 0.2) is 5.82 Å². The summed E-state index contributed by atoms with van der Waals surface area (Å²) in [5, 5.41) is 7.31. The molecule has 6 heteroatoms. The molecule has 0 atom stereocenters. The Labute approximate surface area is 84.1 Å². The Balaban J connectivity index is 2.19. The summed E-state index contributed by atoms with van der Waals surface area (Å²) in [5.41, 5.74) is 7.10. The van der Waals surface area contributed by atoms with E-state index >= 15 is 0 Å². The highest BCUT2D eigenvalue weighted by Crippen LogP contribution is 2.19. The predicted octanol–water partition coefficient (Wildman–Crippen LogP) is 1.20. The molecule has 0 spiro atoms. The highest BCUT2D eigenvalue weighted by atomic mass is 16.4. The molecular formula is C9H7N5O. The molecule has 2 aromatic heterocycles. The number of fused-ring (bicyclic) bond motifs is 1. The van der Waals surface area contributed by atoms with Gasteiger partial charge in [-0.05, 0) is 12.1 Å². The lowest BCUT2D eigenvalue weighted by molar-refractivity contribution is 0.586. The van der Waals surface area contributed by atoms with E-state index in [9.17, 15) is 0 Å². The monoisotopic (exact) mass is 201 g/mol. The summed E-state index contributed by atoms with van der Waals surface area (Å²) in [6.45, 7) is 0. The first-order chi connectivity index (χ1) is 7.33. The molecule has 0 saturated carbocycles. The molecule has 0 saturated heterocycles. The van der Waals surface area contributed by atoms with Crippen molar-refractivity contribution in [3.63, 3.8) is 0 Å². The van der Waals surface area contributed by atoms with Gasteiger partial charge < -0.3 is 15.1 Å². The van der Waals surface area contributed by atoms with Gasteiger partial charge in [0.25, 0.3) is 5.89 Å². The number of nitrogen functional groups attached to an aromatic ring is 1. The third kappa shape index (κ3) is 1.23. The number of para-hydroxylation sites is 2. The highest BCUT2D eigenvalue weighted by molar-refractivity contribution is 5.77. The Morgan fingerprint density at radius 3 is 2.80 bits per heavy atom. The molecule has 15 heavy (non-hydrogen) atoms.